The Balaban J connectivity index is 1.80. The molecular weight excluding hydrogens is 327 g/mol. The Morgan fingerprint density at radius 1 is 1.46 bits per heavy atom. The van der Waals surface area contributed by atoms with Crippen molar-refractivity contribution >= 4 is 17.2 Å². The molecule has 4 rings (SSSR count). The summed E-state index contributed by atoms with van der Waals surface area (Å²) in [5.41, 5.74) is 3.06. The van der Waals surface area contributed by atoms with Crippen molar-refractivity contribution in [1.29, 1.82) is 0 Å². The van der Waals surface area contributed by atoms with Crippen LogP contribution in [0.15, 0.2) is 18.2 Å². The second kappa shape index (κ2) is 5.63. The van der Waals surface area contributed by atoms with Crippen LogP contribution in [0, 0.1) is 12.7 Å². The summed E-state index contributed by atoms with van der Waals surface area (Å²) >= 11 is 1.67. The van der Waals surface area contributed by atoms with Crippen LogP contribution in [-0.4, -0.2) is 16.1 Å². The molecule has 1 unspecified atom stereocenters. The van der Waals surface area contributed by atoms with Crippen molar-refractivity contribution in [3.05, 3.63) is 50.7 Å². The van der Waals surface area contributed by atoms with Gasteiger partial charge >= 0.3 is 0 Å². The third-order valence-corrected chi connectivity index (χ3v) is 6.55. The van der Waals surface area contributed by atoms with Crippen molar-refractivity contribution in [2.24, 2.45) is 0 Å². The second-order valence-corrected chi connectivity index (χ2v) is 7.92. The SMILES string of the molecule is Cc1c(F)cccc1C1(C(=O)NO)CCc2nc(C3CC3)sc2C1. The maximum atomic E-state index is 14.1. The molecule has 126 valence electrons. The van der Waals surface area contributed by atoms with Crippen molar-refractivity contribution in [3.63, 3.8) is 0 Å². The van der Waals surface area contributed by atoms with Crippen LogP contribution >= 0.6 is 11.3 Å². The Bertz CT molecular complexity index is 815. The Hall–Kier alpha value is -1.79. The highest BCUT2D eigenvalue weighted by molar-refractivity contribution is 7.11. The van der Waals surface area contributed by atoms with Crippen LogP contribution < -0.4 is 5.48 Å². The maximum Gasteiger partial charge on any atom is 0.254 e. The minimum atomic E-state index is -0.943. The summed E-state index contributed by atoms with van der Waals surface area (Å²) in [6.07, 6.45) is 4.03. The van der Waals surface area contributed by atoms with Crippen LogP contribution in [0.5, 0.6) is 0 Å². The first kappa shape index (κ1) is 15.7. The van der Waals surface area contributed by atoms with Crippen LogP contribution in [0.3, 0.4) is 0 Å². The number of thiazole rings is 1. The number of nitrogens with one attached hydrogen (secondary N) is 1. The van der Waals surface area contributed by atoms with E-state index in [4.69, 9.17) is 4.98 Å². The van der Waals surface area contributed by atoms with Crippen LogP contribution in [0.1, 0.15) is 51.9 Å². The zero-order valence-corrected chi connectivity index (χ0v) is 14.3. The average Bonchev–Trinajstić information content (AvgIpc) is 3.35. The fraction of sp³-hybridized carbons (Fsp3) is 0.444. The van der Waals surface area contributed by atoms with E-state index < -0.39 is 11.3 Å². The van der Waals surface area contributed by atoms with Crippen LogP contribution in [0.2, 0.25) is 0 Å². The summed E-state index contributed by atoms with van der Waals surface area (Å²) in [7, 11) is 0. The molecule has 2 N–H and O–H groups in total. The number of benzene rings is 1. The van der Waals surface area contributed by atoms with Gasteiger partial charge in [0.1, 0.15) is 5.82 Å². The van der Waals surface area contributed by atoms with Gasteiger partial charge in [0.05, 0.1) is 16.1 Å². The number of nitrogens with zero attached hydrogens (tertiary/aromatic N) is 1. The Morgan fingerprint density at radius 2 is 2.25 bits per heavy atom. The van der Waals surface area contributed by atoms with E-state index >= 15 is 0 Å². The number of hydroxylamine groups is 1. The molecule has 1 heterocycles. The van der Waals surface area contributed by atoms with E-state index in [1.807, 2.05) is 5.48 Å². The lowest BCUT2D eigenvalue weighted by molar-refractivity contribution is -0.135. The van der Waals surface area contributed by atoms with Gasteiger partial charge < -0.3 is 0 Å². The van der Waals surface area contributed by atoms with E-state index in [2.05, 4.69) is 0 Å². The summed E-state index contributed by atoms with van der Waals surface area (Å²) in [6.45, 7) is 1.69. The van der Waals surface area contributed by atoms with Gasteiger partial charge in [-0.1, -0.05) is 12.1 Å². The second-order valence-electron chi connectivity index (χ2n) is 6.81. The van der Waals surface area contributed by atoms with Gasteiger partial charge in [-0.25, -0.2) is 14.9 Å². The summed E-state index contributed by atoms with van der Waals surface area (Å²) in [5, 5.41) is 10.5. The quantitative estimate of drug-likeness (QED) is 0.661. The van der Waals surface area contributed by atoms with Crippen molar-refractivity contribution in [3.8, 4) is 0 Å². The molecule has 0 radical (unpaired) electrons. The predicted molar refractivity (Wildman–Crippen MR) is 88.9 cm³/mol. The Morgan fingerprint density at radius 3 is 2.96 bits per heavy atom. The molecule has 1 fully saturated rings. The molecule has 1 aromatic carbocycles. The van der Waals surface area contributed by atoms with Crippen molar-refractivity contribution in [1.82, 2.24) is 10.5 Å². The number of aromatic nitrogens is 1. The number of carbonyl (C=O) groups is 1. The molecule has 24 heavy (non-hydrogen) atoms. The number of halogens is 1. The Labute approximate surface area is 143 Å². The molecule has 0 bridgehead atoms. The highest BCUT2D eigenvalue weighted by Gasteiger charge is 2.45. The third kappa shape index (κ3) is 2.36. The summed E-state index contributed by atoms with van der Waals surface area (Å²) in [4.78, 5) is 18.5. The summed E-state index contributed by atoms with van der Waals surface area (Å²) < 4.78 is 14.1. The number of hydrogen-bond acceptors (Lipinski definition) is 4. The molecule has 6 heteroatoms. The van der Waals surface area contributed by atoms with E-state index in [9.17, 15) is 14.4 Å². The normalized spacial score (nSPS) is 23.0. The van der Waals surface area contributed by atoms with E-state index in [1.54, 1.807) is 30.4 Å². The molecule has 2 aromatic rings. The van der Waals surface area contributed by atoms with Crippen LogP contribution in [-0.2, 0) is 23.1 Å². The van der Waals surface area contributed by atoms with E-state index in [0.717, 1.165) is 15.6 Å². The number of hydrogen-bond donors (Lipinski definition) is 2. The maximum absolute atomic E-state index is 14.1. The van der Waals surface area contributed by atoms with Gasteiger partial charge in [0.15, 0.2) is 0 Å². The molecule has 1 atom stereocenters. The molecule has 1 aromatic heterocycles. The fourth-order valence-corrected chi connectivity index (χ4v) is 5.11. The third-order valence-electron chi connectivity index (χ3n) is 5.29. The zero-order valence-electron chi connectivity index (χ0n) is 13.4. The van der Waals surface area contributed by atoms with Crippen molar-refractivity contribution < 1.29 is 14.4 Å². The number of fused-ring (bicyclic) bond motifs is 1. The van der Waals surface area contributed by atoms with Gasteiger partial charge in [-0.15, -0.1) is 11.3 Å². The van der Waals surface area contributed by atoms with E-state index in [0.29, 0.717) is 36.3 Å². The molecule has 0 saturated heterocycles. The topological polar surface area (TPSA) is 62.2 Å². The van der Waals surface area contributed by atoms with Crippen LogP contribution in [0.4, 0.5) is 4.39 Å². The molecule has 4 nitrogen and oxygen atoms in total. The summed E-state index contributed by atoms with van der Waals surface area (Å²) in [6, 6.07) is 4.82. The van der Waals surface area contributed by atoms with E-state index in [-0.39, 0.29) is 5.82 Å². The fourth-order valence-electron chi connectivity index (χ4n) is 3.71. The molecule has 0 spiro atoms. The lowest BCUT2D eigenvalue weighted by atomic mass is 9.68. The number of amides is 1. The lowest BCUT2D eigenvalue weighted by Gasteiger charge is -2.36. The monoisotopic (exact) mass is 346 g/mol. The van der Waals surface area contributed by atoms with Gasteiger partial charge in [0.2, 0.25) is 0 Å². The Kier molecular flexibility index (Phi) is 3.69. The largest absolute Gasteiger partial charge is 0.289 e. The number of carbonyl (C=O) groups excluding carboxylic acids is 1. The van der Waals surface area contributed by atoms with Gasteiger partial charge in [-0.2, -0.15) is 0 Å². The smallest absolute Gasteiger partial charge is 0.254 e. The lowest BCUT2D eigenvalue weighted by Crippen LogP contribution is -2.47. The zero-order chi connectivity index (χ0) is 16.9. The number of aryl methyl sites for hydroxylation is 1. The van der Waals surface area contributed by atoms with Crippen LogP contribution in [0.25, 0.3) is 0 Å². The minimum Gasteiger partial charge on any atom is -0.289 e. The van der Waals surface area contributed by atoms with Gasteiger partial charge in [0, 0.05) is 17.2 Å². The van der Waals surface area contributed by atoms with Crippen molar-refractivity contribution in [2.75, 3.05) is 0 Å². The summed E-state index contributed by atoms with van der Waals surface area (Å²) in [5.74, 6) is -0.216. The standard InChI is InChI=1S/C18H19FN2O2S/c1-10-12(3-2-4-13(10)19)18(17(22)21-23)8-7-14-15(9-18)24-16(20-14)11-5-6-11/h2-4,11,23H,5-9H2,1H3,(H,21,22). The molecular formula is C18H19FN2O2S. The average molecular weight is 346 g/mol. The van der Waals surface area contributed by atoms with E-state index in [1.165, 1.54) is 18.9 Å². The number of rotatable bonds is 3. The first-order valence-electron chi connectivity index (χ1n) is 8.24. The molecule has 2 aliphatic carbocycles. The molecule has 1 saturated carbocycles. The highest BCUT2D eigenvalue weighted by atomic mass is 32.1. The first-order valence-corrected chi connectivity index (χ1v) is 9.05. The molecule has 1 amide bonds. The highest BCUT2D eigenvalue weighted by Crippen LogP contribution is 2.47. The van der Waals surface area contributed by atoms with Gasteiger partial charge in [-0.05, 0) is 49.8 Å². The molecule has 0 aliphatic heterocycles. The predicted octanol–water partition coefficient (Wildman–Crippen LogP) is 3.40. The van der Waals surface area contributed by atoms with Gasteiger partial charge in [0.25, 0.3) is 5.91 Å². The molecule has 2 aliphatic rings. The van der Waals surface area contributed by atoms with Gasteiger partial charge in [-0.3, -0.25) is 10.0 Å². The first-order chi connectivity index (χ1) is 11.5. The minimum absolute atomic E-state index is 0.327. The van der Waals surface area contributed by atoms with Crippen molar-refractivity contribution in [2.45, 2.75) is 50.4 Å².